The summed E-state index contributed by atoms with van der Waals surface area (Å²) in [6.45, 7) is 2.08. The molecule has 2 aromatic rings. The molecule has 1 unspecified atom stereocenters. The van der Waals surface area contributed by atoms with Crippen LogP contribution in [0.15, 0.2) is 12.3 Å². The molecule has 1 atom stereocenters. The van der Waals surface area contributed by atoms with Crippen molar-refractivity contribution < 1.29 is 0 Å². The van der Waals surface area contributed by atoms with Gasteiger partial charge in [0.05, 0.1) is 5.69 Å². The van der Waals surface area contributed by atoms with Gasteiger partial charge in [0, 0.05) is 25.8 Å². The molecule has 6 heteroatoms. The van der Waals surface area contributed by atoms with Gasteiger partial charge in [-0.15, -0.1) is 5.10 Å². The van der Waals surface area contributed by atoms with E-state index in [1.807, 2.05) is 13.1 Å². The average Bonchev–Trinajstić information content (AvgIpc) is 2.90. The number of aryl methyl sites for hydroxylation is 1. The lowest BCUT2D eigenvalue weighted by Crippen LogP contribution is -2.22. The van der Waals surface area contributed by atoms with Gasteiger partial charge in [-0.05, 0) is 19.0 Å². The van der Waals surface area contributed by atoms with Crippen molar-refractivity contribution >= 4 is 16.9 Å². The second-order valence-corrected chi connectivity index (χ2v) is 4.08. The smallest absolute Gasteiger partial charge is 0.180 e. The monoisotopic (exact) mass is 218 g/mol. The number of nitrogens with zero attached hydrogens (tertiary/aromatic N) is 4. The van der Waals surface area contributed by atoms with Crippen LogP contribution in [0.5, 0.6) is 0 Å². The Bertz CT molecular complexity index is 499. The predicted molar refractivity (Wildman–Crippen MR) is 61.2 cm³/mol. The van der Waals surface area contributed by atoms with Gasteiger partial charge in [-0.3, -0.25) is 0 Å². The molecule has 1 fully saturated rings. The van der Waals surface area contributed by atoms with Crippen LogP contribution in [0.1, 0.15) is 6.42 Å². The molecule has 0 aromatic carbocycles. The average molecular weight is 218 g/mol. The third-order valence-electron chi connectivity index (χ3n) is 2.91. The molecule has 1 aliphatic heterocycles. The highest BCUT2D eigenvalue weighted by atomic mass is 15.4. The van der Waals surface area contributed by atoms with E-state index in [9.17, 15) is 0 Å². The van der Waals surface area contributed by atoms with Crippen LogP contribution >= 0.6 is 0 Å². The minimum atomic E-state index is 0.479. The van der Waals surface area contributed by atoms with Gasteiger partial charge in [-0.25, -0.2) is 9.67 Å². The summed E-state index contributed by atoms with van der Waals surface area (Å²) >= 11 is 0. The van der Waals surface area contributed by atoms with Crippen LogP contribution in [0.3, 0.4) is 0 Å². The molecule has 0 amide bonds. The Morgan fingerprint density at radius 2 is 2.50 bits per heavy atom. The van der Waals surface area contributed by atoms with Crippen LogP contribution in [0, 0.1) is 0 Å². The van der Waals surface area contributed by atoms with Crippen LogP contribution in [-0.2, 0) is 7.05 Å². The number of fused-ring (bicyclic) bond motifs is 1. The zero-order valence-electron chi connectivity index (χ0n) is 9.14. The molecule has 0 bridgehead atoms. The molecule has 6 nitrogen and oxygen atoms in total. The maximum Gasteiger partial charge on any atom is 0.180 e. The van der Waals surface area contributed by atoms with E-state index < -0.39 is 0 Å². The third kappa shape index (κ3) is 1.51. The fraction of sp³-hybridized carbons (Fsp3) is 0.500. The molecule has 84 valence electrons. The Balaban J connectivity index is 1.96. The molecular formula is C10H14N6. The van der Waals surface area contributed by atoms with E-state index in [0.717, 1.165) is 36.4 Å². The Kier molecular flexibility index (Phi) is 2.21. The van der Waals surface area contributed by atoms with Crippen molar-refractivity contribution in [2.75, 3.05) is 18.4 Å². The summed E-state index contributed by atoms with van der Waals surface area (Å²) in [5.74, 6) is 0. The summed E-state index contributed by atoms with van der Waals surface area (Å²) in [5.41, 5.74) is 2.68. The quantitative estimate of drug-likeness (QED) is 0.750. The highest BCUT2D eigenvalue weighted by Gasteiger charge is 2.16. The minimum Gasteiger partial charge on any atom is -0.379 e. The second kappa shape index (κ2) is 3.71. The van der Waals surface area contributed by atoms with Crippen LogP contribution < -0.4 is 10.6 Å². The van der Waals surface area contributed by atoms with E-state index in [1.54, 1.807) is 10.9 Å². The molecule has 3 heterocycles. The van der Waals surface area contributed by atoms with Gasteiger partial charge in [-0.2, -0.15) is 0 Å². The van der Waals surface area contributed by atoms with Crippen molar-refractivity contribution in [1.82, 2.24) is 25.3 Å². The van der Waals surface area contributed by atoms with Gasteiger partial charge >= 0.3 is 0 Å². The summed E-state index contributed by atoms with van der Waals surface area (Å²) in [4.78, 5) is 4.26. The van der Waals surface area contributed by atoms with Gasteiger partial charge in [0.25, 0.3) is 0 Å². The van der Waals surface area contributed by atoms with Crippen molar-refractivity contribution in [3.8, 4) is 0 Å². The van der Waals surface area contributed by atoms with E-state index in [1.165, 1.54) is 0 Å². The fourth-order valence-electron chi connectivity index (χ4n) is 2.05. The largest absolute Gasteiger partial charge is 0.379 e. The number of hydrogen-bond acceptors (Lipinski definition) is 5. The van der Waals surface area contributed by atoms with E-state index in [-0.39, 0.29) is 0 Å². The molecule has 0 aliphatic carbocycles. The van der Waals surface area contributed by atoms with E-state index in [0.29, 0.717) is 6.04 Å². The Morgan fingerprint density at radius 1 is 1.56 bits per heavy atom. The first-order valence-corrected chi connectivity index (χ1v) is 5.46. The zero-order valence-corrected chi connectivity index (χ0v) is 9.14. The number of hydrogen-bond donors (Lipinski definition) is 2. The zero-order chi connectivity index (χ0) is 11.0. The SMILES string of the molecule is Cn1nnc2c(NC3CCNC3)ccnc21. The summed E-state index contributed by atoms with van der Waals surface area (Å²) in [6.07, 6.45) is 2.93. The third-order valence-corrected chi connectivity index (χ3v) is 2.91. The number of pyridine rings is 1. The van der Waals surface area contributed by atoms with Crippen molar-refractivity contribution in [1.29, 1.82) is 0 Å². The fourth-order valence-corrected chi connectivity index (χ4v) is 2.05. The summed E-state index contributed by atoms with van der Waals surface area (Å²) in [6, 6.07) is 2.43. The van der Waals surface area contributed by atoms with Gasteiger partial charge in [-0.1, -0.05) is 5.21 Å². The first kappa shape index (κ1) is 9.53. The number of aromatic nitrogens is 4. The Morgan fingerprint density at radius 3 is 3.31 bits per heavy atom. The van der Waals surface area contributed by atoms with Gasteiger partial charge in [0.1, 0.15) is 0 Å². The van der Waals surface area contributed by atoms with E-state index >= 15 is 0 Å². The van der Waals surface area contributed by atoms with E-state index in [4.69, 9.17) is 0 Å². The standard InChI is InChI=1S/C10H14N6/c1-16-10-9(14-15-16)8(3-5-12-10)13-7-2-4-11-6-7/h3,5,7,11H,2,4,6H2,1H3,(H,12,13). The number of rotatable bonds is 2. The van der Waals surface area contributed by atoms with Crippen LogP contribution in [0.2, 0.25) is 0 Å². The van der Waals surface area contributed by atoms with Crippen molar-refractivity contribution in [3.05, 3.63) is 12.3 Å². The number of anilines is 1. The minimum absolute atomic E-state index is 0.479. The first-order chi connectivity index (χ1) is 7.84. The Hall–Kier alpha value is -1.69. The summed E-state index contributed by atoms with van der Waals surface area (Å²) < 4.78 is 1.69. The number of nitrogens with one attached hydrogen (secondary N) is 2. The summed E-state index contributed by atoms with van der Waals surface area (Å²) in [7, 11) is 1.85. The Labute approximate surface area is 93.0 Å². The molecule has 0 spiro atoms. The van der Waals surface area contributed by atoms with Crippen molar-refractivity contribution in [2.45, 2.75) is 12.5 Å². The van der Waals surface area contributed by atoms with E-state index in [2.05, 4.69) is 25.9 Å². The molecule has 1 saturated heterocycles. The molecular weight excluding hydrogens is 204 g/mol. The maximum absolute atomic E-state index is 4.26. The lowest BCUT2D eigenvalue weighted by Gasteiger charge is -2.12. The van der Waals surface area contributed by atoms with Crippen molar-refractivity contribution in [3.63, 3.8) is 0 Å². The molecule has 16 heavy (non-hydrogen) atoms. The summed E-state index contributed by atoms with van der Waals surface area (Å²) in [5, 5.41) is 14.9. The normalized spacial score (nSPS) is 20.4. The lowest BCUT2D eigenvalue weighted by atomic mass is 10.2. The predicted octanol–water partition coefficient (Wildman–Crippen LogP) is 0.137. The second-order valence-electron chi connectivity index (χ2n) is 4.08. The molecule has 2 aromatic heterocycles. The van der Waals surface area contributed by atoms with Crippen molar-refractivity contribution in [2.24, 2.45) is 7.05 Å². The highest BCUT2D eigenvalue weighted by molar-refractivity contribution is 5.84. The van der Waals surface area contributed by atoms with Gasteiger partial charge in [0.2, 0.25) is 0 Å². The topological polar surface area (TPSA) is 67.7 Å². The molecule has 3 rings (SSSR count). The molecule has 0 saturated carbocycles. The molecule has 0 radical (unpaired) electrons. The molecule has 1 aliphatic rings. The highest BCUT2D eigenvalue weighted by Crippen LogP contribution is 2.19. The van der Waals surface area contributed by atoms with Crippen LogP contribution in [-0.4, -0.2) is 39.1 Å². The first-order valence-electron chi connectivity index (χ1n) is 5.46. The molecule has 2 N–H and O–H groups in total. The maximum atomic E-state index is 4.26. The van der Waals surface area contributed by atoms with Crippen LogP contribution in [0.4, 0.5) is 5.69 Å². The van der Waals surface area contributed by atoms with Crippen LogP contribution in [0.25, 0.3) is 11.2 Å². The van der Waals surface area contributed by atoms with Gasteiger partial charge < -0.3 is 10.6 Å². The lowest BCUT2D eigenvalue weighted by molar-refractivity contribution is 0.730. The van der Waals surface area contributed by atoms with Gasteiger partial charge in [0.15, 0.2) is 11.2 Å².